The van der Waals surface area contributed by atoms with E-state index in [1.54, 1.807) is 13.0 Å². The van der Waals surface area contributed by atoms with Gasteiger partial charge in [-0.2, -0.15) is 0 Å². The van der Waals surface area contributed by atoms with Crippen LogP contribution in [0, 0.1) is 12.7 Å². The zero-order chi connectivity index (χ0) is 11.5. The van der Waals surface area contributed by atoms with Crippen LogP contribution in [0.3, 0.4) is 0 Å². The molecule has 0 atom stereocenters. The summed E-state index contributed by atoms with van der Waals surface area (Å²) in [5.41, 5.74) is 0.548. The van der Waals surface area contributed by atoms with Crippen LogP contribution in [0.1, 0.15) is 5.56 Å². The fourth-order valence-electron chi connectivity index (χ4n) is 1.25. The quantitative estimate of drug-likeness (QED) is 0.844. The highest BCUT2D eigenvalue weighted by atomic mass is 19.1. The first-order valence-corrected chi connectivity index (χ1v) is 4.75. The Hall–Kier alpha value is -2.10. The number of benzene rings is 1. The Bertz CT molecular complexity index is 497. The van der Waals surface area contributed by atoms with Gasteiger partial charge in [-0.3, -0.25) is 0 Å². The molecular weight excluding hydrogens is 209 g/mol. The molecular formula is C12H10FNO2. The largest absolute Gasteiger partial charge is 0.493 e. The molecule has 4 heteroatoms. The van der Waals surface area contributed by atoms with Crippen molar-refractivity contribution in [1.29, 1.82) is 0 Å². The summed E-state index contributed by atoms with van der Waals surface area (Å²) < 4.78 is 18.1. The number of hydrogen-bond donors (Lipinski definition) is 1. The van der Waals surface area contributed by atoms with Crippen LogP contribution in [-0.2, 0) is 0 Å². The van der Waals surface area contributed by atoms with E-state index >= 15 is 0 Å². The summed E-state index contributed by atoms with van der Waals surface area (Å²) in [5.74, 6) is 0.621. The molecule has 2 rings (SSSR count). The molecule has 0 amide bonds. The lowest BCUT2D eigenvalue weighted by Gasteiger charge is -2.08. The fourth-order valence-corrected chi connectivity index (χ4v) is 1.25. The SMILES string of the molecule is Cc1c(Oc2ccc(F)cc2)ccnc1O. The zero-order valence-corrected chi connectivity index (χ0v) is 8.64. The van der Waals surface area contributed by atoms with Gasteiger partial charge in [-0.15, -0.1) is 0 Å². The van der Waals surface area contributed by atoms with Gasteiger partial charge < -0.3 is 9.84 Å². The molecule has 3 nitrogen and oxygen atoms in total. The molecule has 0 spiro atoms. The molecule has 0 saturated carbocycles. The van der Waals surface area contributed by atoms with E-state index in [1.165, 1.54) is 30.5 Å². The van der Waals surface area contributed by atoms with Crippen LogP contribution < -0.4 is 4.74 Å². The Morgan fingerprint density at radius 2 is 1.88 bits per heavy atom. The first kappa shape index (κ1) is 10.4. The minimum Gasteiger partial charge on any atom is -0.493 e. The summed E-state index contributed by atoms with van der Waals surface area (Å²) in [4.78, 5) is 3.71. The molecule has 0 aliphatic carbocycles. The van der Waals surface area contributed by atoms with Crippen LogP contribution in [0.25, 0.3) is 0 Å². The number of halogens is 1. The number of rotatable bonds is 2. The van der Waals surface area contributed by atoms with Crippen molar-refractivity contribution in [3.8, 4) is 17.4 Å². The molecule has 1 aromatic carbocycles. The van der Waals surface area contributed by atoms with E-state index in [2.05, 4.69) is 4.98 Å². The van der Waals surface area contributed by atoms with Crippen LogP contribution in [0.15, 0.2) is 36.5 Å². The number of aromatic nitrogens is 1. The fraction of sp³-hybridized carbons (Fsp3) is 0.0833. The van der Waals surface area contributed by atoms with Crippen molar-refractivity contribution in [1.82, 2.24) is 4.98 Å². The van der Waals surface area contributed by atoms with E-state index in [1.807, 2.05) is 0 Å². The Labute approximate surface area is 92.1 Å². The average molecular weight is 219 g/mol. The van der Waals surface area contributed by atoms with E-state index in [0.717, 1.165) is 0 Å². The normalized spacial score (nSPS) is 10.1. The van der Waals surface area contributed by atoms with Gasteiger partial charge in [-0.05, 0) is 37.3 Å². The number of nitrogens with zero attached hydrogens (tertiary/aromatic N) is 1. The van der Waals surface area contributed by atoms with Gasteiger partial charge >= 0.3 is 0 Å². The summed E-state index contributed by atoms with van der Waals surface area (Å²) >= 11 is 0. The first-order chi connectivity index (χ1) is 7.66. The Balaban J connectivity index is 2.27. The molecule has 0 unspecified atom stereocenters. The van der Waals surface area contributed by atoms with Gasteiger partial charge in [0.2, 0.25) is 5.88 Å². The van der Waals surface area contributed by atoms with Crippen molar-refractivity contribution in [3.05, 3.63) is 47.9 Å². The van der Waals surface area contributed by atoms with Crippen molar-refractivity contribution >= 4 is 0 Å². The van der Waals surface area contributed by atoms with E-state index in [-0.39, 0.29) is 11.7 Å². The lowest BCUT2D eigenvalue weighted by Crippen LogP contribution is -1.89. The second-order valence-electron chi connectivity index (χ2n) is 3.31. The van der Waals surface area contributed by atoms with Gasteiger partial charge in [0.15, 0.2) is 0 Å². The third kappa shape index (κ3) is 2.11. The molecule has 1 heterocycles. The Morgan fingerprint density at radius 1 is 1.19 bits per heavy atom. The summed E-state index contributed by atoms with van der Waals surface area (Å²) in [6.07, 6.45) is 1.45. The van der Waals surface area contributed by atoms with Crippen molar-refractivity contribution in [3.63, 3.8) is 0 Å². The van der Waals surface area contributed by atoms with E-state index in [9.17, 15) is 9.50 Å². The molecule has 82 valence electrons. The van der Waals surface area contributed by atoms with Crippen LogP contribution in [0.4, 0.5) is 4.39 Å². The third-order valence-electron chi connectivity index (χ3n) is 2.17. The highest BCUT2D eigenvalue weighted by Gasteiger charge is 2.05. The van der Waals surface area contributed by atoms with Gasteiger partial charge in [0.25, 0.3) is 0 Å². The van der Waals surface area contributed by atoms with Crippen LogP contribution in [-0.4, -0.2) is 10.1 Å². The predicted molar refractivity (Wildman–Crippen MR) is 57.1 cm³/mol. The maximum absolute atomic E-state index is 12.7. The molecule has 2 aromatic rings. The van der Waals surface area contributed by atoms with Gasteiger partial charge in [0, 0.05) is 6.20 Å². The molecule has 1 N–H and O–H groups in total. The predicted octanol–water partition coefficient (Wildman–Crippen LogP) is 3.03. The van der Waals surface area contributed by atoms with Gasteiger partial charge in [-0.25, -0.2) is 9.37 Å². The molecule has 0 aliphatic heterocycles. The second-order valence-corrected chi connectivity index (χ2v) is 3.31. The lowest BCUT2D eigenvalue weighted by atomic mass is 10.2. The van der Waals surface area contributed by atoms with E-state index in [0.29, 0.717) is 17.1 Å². The molecule has 0 fully saturated rings. The number of pyridine rings is 1. The summed E-state index contributed by atoms with van der Waals surface area (Å²) in [6, 6.07) is 7.30. The monoisotopic (exact) mass is 219 g/mol. The third-order valence-corrected chi connectivity index (χ3v) is 2.17. The number of aromatic hydroxyl groups is 1. The molecule has 0 aliphatic rings. The van der Waals surface area contributed by atoms with Gasteiger partial charge in [-0.1, -0.05) is 0 Å². The van der Waals surface area contributed by atoms with Crippen LogP contribution in [0.2, 0.25) is 0 Å². The Kier molecular flexibility index (Phi) is 2.72. The summed E-state index contributed by atoms with van der Waals surface area (Å²) in [5, 5.41) is 9.37. The van der Waals surface area contributed by atoms with Crippen LogP contribution in [0.5, 0.6) is 17.4 Å². The average Bonchev–Trinajstić information content (AvgIpc) is 2.28. The zero-order valence-electron chi connectivity index (χ0n) is 8.64. The molecule has 16 heavy (non-hydrogen) atoms. The van der Waals surface area contributed by atoms with Crippen molar-refractivity contribution in [2.75, 3.05) is 0 Å². The number of hydrogen-bond acceptors (Lipinski definition) is 3. The minimum absolute atomic E-state index is 0.0698. The lowest BCUT2D eigenvalue weighted by molar-refractivity contribution is 0.431. The number of ether oxygens (including phenoxy) is 1. The summed E-state index contributed by atoms with van der Waals surface area (Å²) in [6.45, 7) is 1.70. The van der Waals surface area contributed by atoms with Crippen LogP contribution >= 0.6 is 0 Å². The molecule has 0 radical (unpaired) electrons. The molecule has 1 aromatic heterocycles. The van der Waals surface area contributed by atoms with E-state index in [4.69, 9.17) is 4.74 Å². The maximum atomic E-state index is 12.7. The second kappa shape index (κ2) is 4.18. The van der Waals surface area contributed by atoms with Crippen molar-refractivity contribution < 1.29 is 14.2 Å². The van der Waals surface area contributed by atoms with Crippen molar-refractivity contribution in [2.24, 2.45) is 0 Å². The van der Waals surface area contributed by atoms with Gasteiger partial charge in [0.05, 0.1) is 5.56 Å². The maximum Gasteiger partial charge on any atom is 0.217 e. The van der Waals surface area contributed by atoms with Gasteiger partial charge in [0.1, 0.15) is 17.3 Å². The minimum atomic E-state index is -0.318. The molecule has 0 bridgehead atoms. The summed E-state index contributed by atoms with van der Waals surface area (Å²) in [7, 11) is 0. The van der Waals surface area contributed by atoms with E-state index < -0.39 is 0 Å². The van der Waals surface area contributed by atoms with Crippen molar-refractivity contribution in [2.45, 2.75) is 6.92 Å². The smallest absolute Gasteiger partial charge is 0.217 e. The highest BCUT2D eigenvalue weighted by Crippen LogP contribution is 2.28. The standard InChI is InChI=1S/C12H10FNO2/c1-8-11(6-7-14-12(8)15)16-10-4-2-9(13)3-5-10/h2-7H,1H3,(H,14,15). The Morgan fingerprint density at radius 3 is 2.56 bits per heavy atom. The molecule has 0 saturated heterocycles. The first-order valence-electron chi connectivity index (χ1n) is 4.75. The topological polar surface area (TPSA) is 42.4 Å². The highest BCUT2D eigenvalue weighted by molar-refractivity contribution is 5.40.